The molecule has 0 bridgehead atoms. The lowest BCUT2D eigenvalue weighted by Gasteiger charge is -2.30. The fourth-order valence-corrected chi connectivity index (χ4v) is 5.46. The molecule has 0 spiro atoms. The van der Waals surface area contributed by atoms with Gasteiger partial charge in [-0.15, -0.1) is 0 Å². The summed E-state index contributed by atoms with van der Waals surface area (Å²) in [5.41, 5.74) is 6.52. The molecule has 4 rings (SSSR count). The summed E-state index contributed by atoms with van der Waals surface area (Å²) in [5.74, 6) is -2.01. The number of anilines is 2. The number of rotatable bonds is 10. The van der Waals surface area contributed by atoms with E-state index in [0.717, 1.165) is 4.90 Å². The van der Waals surface area contributed by atoms with E-state index < -0.39 is 41.6 Å². The second kappa shape index (κ2) is 14.7. The SMILES string of the molecule is COc1ccc2cc(C(=O)O)ccc2c1CN1C(=O)C(NC(=O)C(C)N(C)C(=O)OC(C)(C)C)CN(C(=O)CCCN)c2ccccc21. The molecule has 0 saturated heterocycles. The molecule has 3 aromatic rings. The van der Waals surface area contributed by atoms with E-state index in [1.807, 2.05) is 0 Å². The number of carbonyl (C=O) groups excluding carboxylic acids is 4. The van der Waals surface area contributed by atoms with E-state index in [4.69, 9.17) is 15.2 Å². The first-order chi connectivity index (χ1) is 22.7. The van der Waals surface area contributed by atoms with Crippen molar-refractivity contribution in [2.24, 2.45) is 5.73 Å². The molecule has 13 heteroatoms. The van der Waals surface area contributed by atoms with Gasteiger partial charge in [-0.3, -0.25) is 19.3 Å². The molecule has 2 unspecified atom stereocenters. The predicted molar refractivity (Wildman–Crippen MR) is 181 cm³/mol. The van der Waals surface area contributed by atoms with Crippen LogP contribution in [-0.2, 0) is 25.7 Å². The maximum atomic E-state index is 14.6. The summed E-state index contributed by atoms with van der Waals surface area (Å²) in [6.45, 7) is 6.76. The van der Waals surface area contributed by atoms with Crippen molar-refractivity contribution in [2.75, 3.05) is 37.0 Å². The molecule has 0 aliphatic carbocycles. The van der Waals surface area contributed by atoms with Gasteiger partial charge in [0.2, 0.25) is 11.8 Å². The predicted octanol–water partition coefficient (Wildman–Crippen LogP) is 3.91. The summed E-state index contributed by atoms with van der Waals surface area (Å²) in [4.78, 5) is 70.3. The van der Waals surface area contributed by atoms with Crippen LogP contribution in [0.4, 0.5) is 16.2 Å². The third-order valence-electron chi connectivity index (χ3n) is 8.12. The van der Waals surface area contributed by atoms with Crippen molar-refractivity contribution in [1.82, 2.24) is 10.2 Å². The second-order valence-electron chi connectivity index (χ2n) is 12.6. The number of carboxylic acid groups (broad SMARTS) is 1. The van der Waals surface area contributed by atoms with Crippen LogP contribution < -0.4 is 25.6 Å². The fraction of sp³-hybridized carbons (Fsp3) is 0.400. The molecule has 2 atom stereocenters. The van der Waals surface area contributed by atoms with E-state index in [-0.39, 0.29) is 31.0 Å². The van der Waals surface area contributed by atoms with Crippen LogP contribution in [0.2, 0.25) is 0 Å². The number of amides is 4. The molecule has 0 aromatic heterocycles. The molecule has 4 N–H and O–H groups in total. The number of carbonyl (C=O) groups is 5. The highest BCUT2D eigenvalue weighted by Crippen LogP contribution is 2.37. The van der Waals surface area contributed by atoms with E-state index in [1.54, 1.807) is 69.3 Å². The van der Waals surface area contributed by atoms with Crippen LogP contribution in [0.5, 0.6) is 5.75 Å². The average molecular weight is 662 g/mol. The average Bonchev–Trinajstić information content (AvgIpc) is 3.16. The fourth-order valence-electron chi connectivity index (χ4n) is 5.46. The summed E-state index contributed by atoms with van der Waals surface area (Å²) in [7, 11) is 2.93. The monoisotopic (exact) mass is 661 g/mol. The van der Waals surface area contributed by atoms with Gasteiger partial charge in [0.05, 0.1) is 37.1 Å². The lowest BCUT2D eigenvalue weighted by Crippen LogP contribution is -2.57. The first kappa shape index (κ1) is 35.7. The van der Waals surface area contributed by atoms with Gasteiger partial charge in [-0.2, -0.15) is 0 Å². The molecule has 13 nitrogen and oxygen atoms in total. The highest BCUT2D eigenvalue weighted by Gasteiger charge is 2.38. The minimum Gasteiger partial charge on any atom is -0.496 e. The van der Waals surface area contributed by atoms with Crippen LogP contribution in [0.25, 0.3) is 10.8 Å². The highest BCUT2D eigenvalue weighted by atomic mass is 16.6. The number of methoxy groups -OCH3 is 1. The van der Waals surface area contributed by atoms with Crippen molar-refractivity contribution in [3.63, 3.8) is 0 Å². The summed E-state index contributed by atoms with van der Waals surface area (Å²) in [5, 5.41) is 13.6. The number of likely N-dealkylation sites (N-methyl/N-ethyl adjacent to an activating group) is 1. The quantitative estimate of drug-likeness (QED) is 0.291. The van der Waals surface area contributed by atoms with Crippen molar-refractivity contribution >= 4 is 51.9 Å². The maximum Gasteiger partial charge on any atom is 0.410 e. The number of ether oxygens (including phenoxy) is 2. The van der Waals surface area contributed by atoms with Gasteiger partial charge in [0, 0.05) is 19.0 Å². The standard InChI is InChI=1S/C35H43N5O8/c1-21(38(5)34(46)48-35(2,3)4)31(42)37-26-20-39(30(41)12-9-17-36)27-10-7-8-11-28(27)40(32(26)43)19-25-24-15-13-23(33(44)45)18-22(24)14-16-29(25)47-6/h7-8,10-11,13-16,18,21,26H,9,12,17,19-20,36H2,1-6H3,(H,37,42)(H,44,45). The van der Waals surface area contributed by atoms with Gasteiger partial charge in [-0.25, -0.2) is 9.59 Å². The number of aromatic carboxylic acids is 1. The number of nitrogens with zero attached hydrogens (tertiary/aromatic N) is 3. The number of para-hydroxylation sites is 2. The molecule has 1 heterocycles. The normalized spacial score (nSPS) is 15.3. The number of nitrogens with one attached hydrogen (secondary N) is 1. The van der Waals surface area contributed by atoms with Crippen molar-refractivity contribution < 1.29 is 38.6 Å². The summed E-state index contributed by atoms with van der Waals surface area (Å²) in [6.07, 6.45) is -0.158. The van der Waals surface area contributed by atoms with Crippen LogP contribution >= 0.6 is 0 Å². The van der Waals surface area contributed by atoms with Crippen LogP contribution in [0.1, 0.15) is 56.5 Å². The molecule has 0 radical (unpaired) electrons. The molecule has 48 heavy (non-hydrogen) atoms. The van der Waals surface area contributed by atoms with E-state index in [2.05, 4.69) is 5.32 Å². The Balaban J connectivity index is 1.79. The molecule has 1 aliphatic rings. The topological polar surface area (TPSA) is 172 Å². The first-order valence-corrected chi connectivity index (χ1v) is 15.7. The van der Waals surface area contributed by atoms with E-state index in [9.17, 15) is 29.1 Å². The summed E-state index contributed by atoms with van der Waals surface area (Å²) in [6, 6.07) is 12.9. The molecule has 0 saturated carbocycles. The number of nitrogens with two attached hydrogens (primary N) is 1. The van der Waals surface area contributed by atoms with Crippen molar-refractivity contribution in [3.8, 4) is 5.75 Å². The zero-order chi connectivity index (χ0) is 35.3. The molecular weight excluding hydrogens is 618 g/mol. The van der Waals surface area contributed by atoms with E-state index in [0.29, 0.717) is 46.4 Å². The Kier molecular flexibility index (Phi) is 10.9. The maximum absolute atomic E-state index is 14.6. The Hall–Kier alpha value is -5.17. The number of hydrogen-bond acceptors (Lipinski definition) is 8. The Morgan fingerprint density at radius 1 is 1.08 bits per heavy atom. The van der Waals surface area contributed by atoms with Crippen LogP contribution in [-0.4, -0.2) is 84.7 Å². The number of hydrogen-bond donors (Lipinski definition) is 3. The molecule has 256 valence electrons. The third-order valence-corrected chi connectivity index (χ3v) is 8.12. The smallest absolute Gasteiger partial charge is 0.410 e. The number of carboxylic acids is 1. The minimum atomic E-state index is -1.21. The van der Waals surface area contributed by atoms with E-state index in [1.165, 1.54) is 36.9 Å². The molecule has 0 fully saturated rings. The second-order valence-corrected chi connectivity index (χ2v) is 12.6. The zero-order valence-electron chi connectivity index (χ0n) is 28.1. The lowest BCUT2D eigenvalue weighted by atomic mass is 10.00. The van der Waals surface area contributed by atoms with Gasteiger partial charge in [-0.1, -0.05) is 24.3 Å². The van der Waals surface area contributed by atoms with Crippen molar-refractivity contribution in [2.45, 2.75) is 64.8 Å². The molecule has 1 aliphatic heterocycles. The van der Waals surface area contributed by atoms with Crippen LogP contribution in [0.3, 0.4) is 0 Å². The Bertz CT molecular complexity index is 1720. The van der Waals surface area contributed by atoms with Gasteiger partial charge in [0.25, 0.3) is 5.91 Å². The van der Waals surface area contributed by atoms with Gasteiger partial charge in [0.1, 0.15) is 23.4 Å². The highest BCUT2D eigenvalue weighted by molar-refractivity contribution is 6.08. The first-order valence-electron chi connectivity index (χ1n) is 15.7. The van der Waals surface area contributed by atoms with Crippen molar-refractivity contribution in [1.29, 1.82) is 0 Å². The minimum absolute atomic E-state index is 0.0344. The Labute approximate surface area is 279 Å². The molecule has 4 amide bonds. The van der Waals surface area contributed by atoms with Gasteiger partial charge < -0.3 is 35.4 Å². The van der Waals surface area contributed by atoms with Gasteiger partial charge in [-0.05, 0) is 81.8 Å². The Morgan fingerprint density at radius 3 is 2.40 bits per heavy atom. The van der Waals surface area contributed by atoms with Crippen LogP contribution in [0, 0.1) is 0 Å². The van der Waals surface area contributed by atoms with E-state index >= 15 is 0 Å². The number of fused-ring (bicyclic) bond motifs is 2. The van der Waals surface area contributed by atoms with Gasteiger partial charge >= 0.3 is 12.1 Å². The largest absolute Gasteiger partial charge is 0.496 e. The molecule has 3 aromatic carbocycles. The van der Waals surface area contributed by atoms with Crippen molar-refractivity contribution in [3.05, 3.63) is 65.7 Å². The lowest BCUT2D eigenvalue weighted by molar-refractivity contribution is -0.130. The number of benzene rings is 3. The Morgan fingerprint density at radius 2 is 1.77 bits per heavy atom. The van der Waals surface area contributed by atoms with Crippen LogP contribution in [0.15, 0.2) is 54.6 Å². The third kappa shape index (κ3) is 7.85. The summed E-state index contributed by atoms with van der Waals surface area (Å²) >= 11 is 0. The van der Waals surface area contributed by atoms with Gasteiger partial charge in [0.15, 0.2) is 0 Å². The summed E-state index contributed by atoms with van der Waals surface area (Å²) < 4.78 is 11.1. The molecular formula is C35H43N5O8. The zero-order valence-corrected chi connectivity index (χ0v) is 28.1.